The molecule has 27 heavy (non-hydrogen) atoms. The van der Waals surface area contributed by atoms with Gasteiger partial charge in [0.05, 0.1) is 11.4 Å². The first kappa shape index (κ1) is 19.1. The topological polar surface area (TPSA) is 67.3 Å². The van der Waals surface area contributed by atoms with Crippen molar-refractivity contribution in [2.75, 3.05) is 24.3 Å². The van der Waals surface area contributed by atoms with Crippen molar-refractivity contribution in [1.82, 2.24) is 9.97 Å². The number of ether oxygens (including phenoxy) is 1. The van der Waals surface area contributed by atoms with Crippen molar-refractivity contribution in [1.29, 1.82) is 0 Å². The third-order valence-electron chi connectivity index (χ3n) is 3.68. The van der Waals surface area contributed by atoms with E-state index in [-0.39, 0.29) is 12.5 Å². The Labute approximate surface area is 166 Å². The first-order chi connectivity index (χ1) is 12.9. The molecule has 0 aliphatic heterocycles. The van der Waals surface area contributed by atoms with Crippen LogP contribution in [0.25, 0.3) is 0 Å². The van der Waals surface area contributed by atoms with Gasteiger partial charge in [-0.3, -0.25) is 4.79 Å². The van der Waals surface area contributed by atoms with Gasteiger partial charge in [0.25, 0.3) is 5.91 Å². The van der Waals surface area contributed by atoms with E-state index in [0.717, 1.165) is 5.01 Å². The predicted molar refractivity (Wildman–Crippen MR) is 109 cm³/mol. The number of thiazole rings is 1. The van der Waals surface area contributed by atoms with Crippen molar-refractivity contribution < 1.29 is 9.53 Å². The van der Waals surface area contributed by atoms with E-state index in [9.17, 15) is 4.79 Å². The third kappa shape index (κ3) is 4.75. The highest BCUT2D eigenvalue weighted by atomic mass is 35.5. The number of benzene rings is 1. The van der Waals surface area contributed by atoms with Crippen LogP contribution in [0.2, 0.25) is 5.02 Å². The Balaban J connectivity index is 1.70. The fourth-order valence-corrected chi connectivity index (χ4v) is 3.43. The Morgan fingerprint density at radius 2 is 2.00 bits per heavy atom. The molecule has 0 unspecified atom stereocenters. The third-order valence-corrected chi connectivity index (χ3v) is 5.06. The minimum atomic E-state index is -0.209. The fraction of sp³-hybridized carbons (Fsp3) is 0.211. The second-order valence-electron chi connectivity index (χ2n) is 5.99. The Morgan fingerprint density at radius 3 is 2.70 bits per heavy atom. The van der Waals surface area contributed by atoms with Crippen molar-refractivity contribution in [2.45, 2.75) is 13.5 Å². The highest BCUT2D eigenvalue weighted by Gasteiger charge is 2.17. The summed E-state index contributed by atoms with van der Waals surface area (Å²) in [4.78, 5) is 23.8. The lowest BCUT2D eigenvalue weighted by atomic mass is 10.3. The number of rotatable bonds is 6. The molecule has 0 bridgehead atoms. The van der Waals surface area contributed by atoms with Gasteiger partial charge in [-0.15, -0.1) is 11.3 Å². The SMILES string of the molecule is Cc1nc(COc2ccc(Cl)cc2)sc1C(=O)Nc1cccnc1N(C)C. The summed E-state index contributed by atoms with van der Waals surface area (Å²) in [6, 6.07) is 10.7. The minimum absolute atomic E-state index is 0.209. The number of amides is 1. The van der Waals surface area contributed by atoms with Gasteiger partial charge in [0.1, 0.15) is 22.2 Å². The van der Waals surface area contributed by atoms with E-state index in [1.54, 1.807) is 36.5 Å². The van der Waals surface area contributed by atoms with Crippen LogP contribution in [0, 0.1) is 6.92 Å². The van der Waals surface area contributed by atoms with Crippen LogP contribution in [0.1, 0.15) is 20.4 Å². The summed E-state index contributed by atoms with van der Waals surface area (Å²) in [6.45, 7) is 2.10. The summed E-state index contributed by atoms with van der Waals surface area (Å²) in [6.07, 6.45) is 1.69. The summed E-state index contributed by atoms with van der Waals surface area (Å²) in [7, 11) is 3.75. The molecule has 1 aromatic carbocycles. The van der Waals surface area contributed by atoms with Crippen LogP contribution in [-0.4, -0.2) is 30.0 Å². The summed E-state index contributed by atoms with van der Waals surface area (Å²) in [5, 5.41) is 4.29. The van der Waals surface area contributed by atoms with E-state index < -0.39 is 0 Å². The van der Waals surface area contributed by atoms with E-state index in [2.05, 4.69) is 15.3 Å². The van der Waals surface area contributed by atoms with Crippen LogP contribution in [0.15, 0.2) is 42.6 Å². The molecular weight excluding hydrogens is 384 g/mol. The van der Waals surface area contributed by atoms with Gasteiger partial charge >= 0.3 is 0 Å². The summed E-state index contributed by atoms with van der Waals surface area (Å²) in [5.41, 5.74) is 1.32. The molecule has 0 atom stereocenters. The standard InChI is InChI=1S/C19H19ClN4O2S/c1-12-17(19(25)23-15-5-4-10-21-18(15)24(2)3)27-16(22-12)11-26-14-8-6-13(20)7-9-14/h4-10H,11H2,1-3H3,(H,23,25). The Kier molecular flexibility index (Phi) is 5.93. The number of hydrogen-bond acceptors (Lipinski definition) is 6. The number of nitrogens with one attached hydrogen (secondary N) is 1. The van der Waals surface area contributed by atoms with E-state index in [4.69, 9.17) is 16.3 Å². The van der Waals surface area contributed by atoms with Crippen molar-refractivity contribution in [3.05, 3.63) is 63.2 Å². The number of anilines is 2. The quantitative estimate of drug-likeness (QED) is 0.662. The molecule has 1 N–H and O–H groups in total. The number of aryl methyl sites for hydroxylation is 1. The number of hydrogen-bond donors (Lipinski definition) is 1. The molecule has 0 fully saturated rings. The smallest absolute Gasteiger partial charge is 0.267 e. The zero-order chi connectivity index (χ0) is 19.4. The molecule has 0 saturated carbocycles. The molecule has 140 valence electrons. The fourth-order valence-electron chi connectivity index (χ4n) is 2.43. The van der Waals surface area contributed by atoms with E-state index in [1.165, 1.54) is 11.3 Å². The monoisotopic (exact) mass is 402 g/mol. The Bertz CT molecular complexity index is 941. The molecule has 2 aromatic heterocycles. The van der Waals surface area contributed by atoms with Crippen molar-refractivity contribution in [3.63, 3.8) is 0 Å². The lowest BCUT2D eigenvalue weighted by Crippen LogP contribution is -2.17. The summed E-state index contributed by atoms with van der Waals surface area (Å²) >= 11 is 7.18. The summed E-state index contributed by atoms with van der Waals surface area (Å²) < 4.78 is 5.70. The van der Waals surface area contributed by atoms with Crippen LogP contribution in [0.3, 0.4) is 0 Å². The van der Waals surface area contributed by atoms with Crippen molar-refractivity contribution in [3.8, 4) is 5.75 Å². The average Bonchev–Trinajstić information content (AvgIpc) is 3.02. The minimum Gasteiger partial charge on any atom is -0.486 e. The summed E-state index contributed by atoms with van der Waals surface area (Å²) in [5.74, 6) is 1.18. The maximum atomic E-state index is 12.7. The first-order valence-corrected chi connectivity index (χ1v) is 9.42. The van der Waals surface area contributed by atoms with Crippen LogP contribution < -0.4 is 15.0 Å². The maximum absolute atomic E-state index is 12.7. The van der Waals surface area contributed by atoms with E-state index in [1.807, 2.05) is 32.0 Å². The molecule has 6 nitrogen and oxygen atoms in total. The predicted octanol–water partition coefficient (Wildman–Crippen LogP) is 4.40. The van der Waals surface area contributed by atoms with Crippen LogP contribution >= 0.6 is 22.9 Å². The Hall–Kier alpha value is -2.64. The van der Waals surface area contributed by atoms with Crippen molar-refractivity contribution in [2.24, 2.45) is 0 Å². The van der Waals surface area contributed by atoms with Crippen molar-refractivity contribution >= 4 is 40.4 Å². The number of nitrogens with zero attached hydrogens (tertiary/aromatic N) is 3. The molecule has 3 aromatic rings. The molecule has 0 saturated heterocycles. The van der Waals surface area contributed by atoms with Gasteiger partial charge in [0.15, 0.2) is 5.82 Å². The zero-order valence-corrected chi connectivity index (χ0v) is 16.8. The van der Waals surface area contributed by atoms with Gasteiger partial charge < -0.3 is 15.0 Å². The van der Waals surface area contributed by atoms with Gasteiger partial charge in [0, 0.05) is 25.3 Å². The van der Waals surface area contributed by atoms with Gasteiger partial charge in [-0.05, 0) is 43.3 Å². The molecule has 2 heterocycles. The average molecular weight is 403 g/mol. The highest BCUT2D eigenvalue weighted by Crippen LogP contribution is 2.25. The second-order valence-corrected chi connectivity index (χ2v) is 7.51. The molecule has 1 amide bonds. The molecule has 3 rings (SSSR count). The van der Waals surface area contributed by atoms with Crippen LogP contribution in [0.5, 0.6) is 5.75 Å². The molecule has 0 spiro atoms. The largest absolute Gasteiger partial charge is 0.486 e. The van der Waals surface area contributed by atoms with Crippen LogP contribution in [-0.2, 0) is 6.61 Å². The molecular formula is C19H19ClN4O2S. The zero-order valence-electron chi connectivity index (χ0n) is 15.2. The number of aromatic nitrogens is 2. The molecule has 0 radical (unpaired) electrons. The lowest BCUT2D eigenvalue weighted by Gasteiger charge is -2.15. The van der Waals surface area contributed by atoms with Gasteiger partial charge in [-0.25, -0.2) is 9.97 Å². The normalized spacial score (nSPS) is 10.5. The van der Waals surface area contributed by atoms with Gasteiger partial charge in [0.2, 0.25) is 0 Å². The van der Waals surface area contributed by atoms with Crippen LogP contribution in [0.4, 0.5) is 11.5 Å². The first-order valence-electron chi connectivity index (χ1n) is 8.22. The second kappa shape index (κ2) is 8.37. The number of carbonyl (C=O) groups is 1. The van der Waals surface area contributed by atoms with Gasteiger partial charge in [-0.1, -0.05) is 11.6 Å². The van der Waals surface area contributed by atoms with Gasteiger partial charge in [-0.2, -0.15) is 0 Å². The molecule has 0 aliphatic rings. The van der Waals surface area contributed by atoms with E-state index in [0.29, 0.717) is 32.8 Å². The number of halogens is 1. The highest BCUT2D eigenvalue weighted by molar-refractivity contribution is 7.13. The Morgan fingerprint density at radius 1 is 1.26 bits per heavy atom. The maximum Gasteiger partial charge on any atom is 0.267 e. The molecule has 8 heteroatoms. The number of carbonyl (C=O) groups excluding carboxylic acids is 1. The molecule has 0 aliphatic carbocycles. The number of pyridine rings is 1. The van der Waals surface area contributed by atoms with E-state index >= 15 is 0 Å². The lowest BCUT2D eigenvalue weighted by molar-refractivity contribution is 0.103.